The van der Waals surface area contributed by atoms with Crippen molar-refractivity contribution in [2.75, 3.05) is 6.54 Å². The zero-order chi connectivity index (χ0) is 15.1. The molecular formula is C18H28N2O. The normalized spacial score (nSPS) is 16.1. The highest BCUT2D eigenvalue weighted by Crippen LogP contribution is 2.17. The third-order valence-corrected chi connectivity index (χ3v) is 4.23. The summed E-state index contributed by atoms with van der Waals surface area (Å²) in [5.41, 5.74) is 2.58. The van der Waals surface area contributed by atoms with Crippen molar-refractivity contribution in [1.82, 2.24) is 10.6 Å². The fraction of sp³-hybridized carbons (Fsp3) is 0.611. The second-order valence-electron chi connectivity index (χ2n) is 6.40. The van der Waals surface area contributed by atoms with Gasteiger partial charge in [0.25, 0.3) is 0 Å². The Hall–Kier alpha value is -1.35. The minimum absolute atomic E-state index is 0.126. The molecule has 1 saturated carbocycles. The Kier molecular flexibility index (Phi) is 6.24. The number of rotatable bonds is 6. The van der Waals surface area contributed by atoms with Crippen LogP contribution < -0.4 is 10.6 Å². The summed E-state index contributed by atoms with van der Waals surface area (Å²) in [6.07, 6.45) is 6.10. The van der Waals surface area contributed by atoms with Crippen LogP contribution in [0.25, 0.3) is 0 Å². The number of benzene rings is 1. The highest BCUT2D eigenvalue weighted by atomic mass is 16.1. The van der Waals surface area contributed by atoms with Crippen molar-refractivity contribution in [2.45, 2.75) is 64.5 Å². The van der Waals surface area contributed by atoms with E-state index in [0.717, 1.165) is 19.4 Å². The van der Waals surface area contributed by atoms with Crippen molar-refractivity contribution < 1.29 is 4.79 Å². The van der Waals surface area contributed by atoms with Gasteiger partial charge in [-0.3, -0.25) is 4.79 Å². The van der Waals surface area contributed by atoms with Crippen LogP contribution in [0.1, 0.15) is 63.0 Å². The monoisotopic (exact) mass is 288 g/mol. The average molecular weight is 288 g/mol. The smallest absolute Gasteiger partial charge is 0.234 e. The molecule has 1 fully saturated rings. The van der Waals surface area contributed by atoms with Crippen LogP contribution in [0.3, 0.4) is 0 Å². The number of carbonyl (C=O) groups excluding carboxylic acids is 1. The zero-order valence-corrected chi connectivity index (χ0v) is 13.3. The molecule has 2 rings (SSSR count). The van der Waals surface area contributed by atoms with Gasteiger partial charge in [0.15, 0.2) is 0 Å². The molecule has 0 aliphatic heterocycles. The summed E-state index contributed by atoms with van der Waals surface area (Å²) in [4.78, 5) is 11.9. The van der Waals surface area contributed by atoms with E-state index in [-0.39, 0.29) is 5.91 Å². The lowest BCUT2D eigenvalue weighted by molar-refractivity contribution is -0.121. The number of hydrogen-bond acceptors (Lipinski definition) is 2. The van der Waals surface area contributed by atoms with Gasteiger partial charge in [0.05, 0.1) is 6.54 Å². The molecule has 0 saturated heterocycles. The Morgan fingerprint density at radius 1 is 1.14 bits per heavy atom. The van der Waals surface area contributed by atoms with Gasteiger partial charge in [-0.25, -0.2) is 0 Å². The molecule has 3 heteroatoms. The quantitative estimate of drug-likeness (QED) is 0.843. The van der Waals surface area contributed by atoms with Crippen molar-refractivity contribution >= 4 is 5.91 Å². The molecule has 1 aromatic rings. The van der Waals surface area contributed by atoms with Crippen molar-refractivity contribution in [3.8, 4) is 0 Å². The van der Waals surface area contributed by atoms with Crippen LogP contribution in [0, 0.1) is 0 Å². The second-order valence-corrected chi connectivity index (χ2v) is 6.40. The van der Waals surface area contributed by atoms with Gasteiger partial charge in [-0.2, -0.15) is 0 Å². The first-order chi connectivity index (χ1) is 10.1. The number of hydrogen-bond donors (Lipinski definition) is 2. The minimum Gasteiger partial charge on any atom is -0.352 e. The van der Waals surface area contributed by atoms with Crippen LogP contribution in [0.15, 0.2) is 24.3 Å². The molecular weight excluding hydrogens is 260 g/mol. The SMILES string of the molecule is CC(C)c1ccc(CNCC(=O)NC2CCCCC2)cc1. The average Bonchev–Trinajstić information content (AvgIpc) is 2.49. The number of nitrogens with one attached hydrogen (secondary N) is 2. The third kappa shape index (κ3) is 5.50. The molecule has 1 aliphatic carbocycles. The number of carbonyl (C=O) groups is 1. The van der Waals surface area contributed by atoms with E-state index < -0.39 is 0 Å². The van der Waals surface area contributed by atoms with Crippen molar-refractivity contribution in [1.29, 1.82) is 0 Å². The fourth-order valence-electron chi connectivity index (χ4n) is 2.87. The lowest BCUT2D eigenvalue weighted by atomic mass is 9.95. The molecule has 0 aromatic heterocycles. The summed E-state index contributed by atoms with van der Waals surface area (Å²) in [5, 5.41) is 6.36. The first-order valence-corrected chi connectivity index (χ1v) is 8.24. The molecule has 0 radical (unpaired) electrons. The van der Waals surface area contributed by atoms with Crippen LogP contribution in [-0.2, 0) is 11.3 Å². The molecule has 1 aliphatic rings. The van der Waals surface area contributed by atoms with E-state index in [0.29, 0.717) is 18.5 Å². The van der Waals surface area contributed by atoms with E-state index >= 15 is 0 Å². The highest BCUT2D eigenvalue weighted by molar-refractivity contribution is 5.78. The molecule has 0 unspecified atom stereocenters. The van der Waals surface area contributed by atoms with E-state index in [9.17, 15) is 4.79 Å². The Morgan fingerprint density at radius 2 is 1.81 bits per heavy atom. The standard InChI is InChI=1S/C18H28N2O/c1-14(2)16-10-8-15(9-11-16)12-19-13-18(21)20-17-6-4-3-5-7-17/h8-11,14,17,19H,3-7,12-13H2,1-2H3,(H,20,21). The van der Waals surface area contributed by atoms with Crippen molar-refractivity contribution in [3.05, 3.63) is 35.4 Å². The Balaban J connectivity index is 1.67. The summed E-state index contributed by atoms with van der Waals surface area (Å²) in [5.74, 6) is 0.689. The van der Waals surface area contributed by atoms with Gasteiger partial charge in [-0.1, -0.05) is 57.4 Å². The molecule has 1 aromatic carbocycles. The fourth-order valence-corrected chi connectivity index (χ4v) is 2.87. The van der Waals surface area contributed by atoms with E-state index in [1.807, 2.05) is 0 Å². The summed E-state index contributed by atoms with van der Waals surface area (Å²) >= 11 is 0. The molecule has 0 heterocycles. The Labute approximate surface area is 128 Å². The zero-order valence-electron chi connectivity index (χ0n) is 13.3. The van der Waals surface area contributed by atoms with E-state index in [4.69, 9.17) is 0 Å². The lowest BCUT2D eigenvalue weighted by Crippen LogP contribution is -2.41. The third-order valence-electron chi connectivity index (χ3n) is 4.23. The minimum atomic E-state index is 0.126. The van der Waals surface area contributed by atoms with Gasteiger partial charge in [0.2, 0.25) is 5.91 Å². The first-order valence-electron chi connectivity index (χ1n) is 8.24. The van der Waals surface area contributed by atoms with Gasteiger partial charge in [0, 0.05) is 12.6 Å². The molecule has 0 spiro atoms. The van der Waals surface area contributed by atoms with Gasteiger partial charge in [-0.05, 0) is 29.9 Å². The first kappa shape index (κ1) is 16.0. The summed E-state index contributed by atoms with van der Waals surface area (Å²) in [6, 6.07) is 9.02. The predicted octanol–water partition coefficient (Wildman–Crippen LogP) is 3.35. The van der Waals surface area contributed by atoms with Crippen molar-refractivity contribution in [3.63, 3.8) is 0 Å². The predicted molar refractivity (Wildman–Crippen MR) is 87.3 cm³/mol. The summed E-state index contributed by atoms with van der Waals surface area (Å²) < 4.78 is 0. The molecule has 3 nitrogen and oxygen atoms in total. The van der Waals surface area contributed by atoms with Gasteiger partial charge in [-0.15, -0.1) is 0 Å². The molecule has 1 amide bonds. The van der Waals surface area contributed by atoms with Crippen molar-refractivity contribution in [2.24, 2.45) is 0 Å². The maximum Gasteiger partial charge on any atom is 0.234 e. The molecule has 116 valence electrons. The number of amides is 1. The molecule has 0 bridgehead atoms. The Bertz CT molecular complexity index is 433. The molecule has 0 atom stereocenters. The highest BCUT2D eigenvalue weighted by Gasteiger charge is 2.15. The van der Waals surface area contributed by atoms with E-state index in [1.54, 1.807) is 0 Å². The lowest BCUT2D eigenvalue weighted by Gasteiger charge is -2.22. The van der Waals surface area contributed by atoms with Crippen LogP contribution in [0.5, 0.6) is 0 Å². The Morgan fingerprint density at radius 3 is 2.43 bits per heavy atom. The van der Waals surface area contributed by atoms with Crippen LogP contribution in [0.4, 0.5) is 0 Å². The summed E-state index contributed by atoms with van der Waals surface area (Å²) in [7, 11) is 0. The molecule has 21 heavy (non-hydrogen) atoms. The second kappa shape index (κ2) is 8.18. The van der Waals surface area contributed by atoms with Gasteiger partial charge >= 0.3 is 0 Å². The van der Waals surface area contributed by atoms with E-state index in [2.05, 4.69) is 48.7 Å². The van der Waals surface area contributed by atoms with Crippen LogP contribution in [0.2, 0.25) is 0 Å². The topological polar surface area (TPSA) is 41.1 Å². The molecule has 2 N–H and O–H groups in total. The van der Waals surface area contributed by atoms with Gasteiger partial charge < -0.3 is 10.6 Å². The maximum absolute atomic E-state index is 11.9. The summed E-state index contributed by atoms with van der Waals surface area (Å²) in [6.45, 7) is 5.55. The van der Waals surface area contributed by atoms with Crippen LogP contribution in [-0.4, -0.2) is 18.5 Å². The maximum atomic E-state index is 11.9. The van der Waals surface area contributed by atoms with E-state index in [1.165, 1.54) is 30.4 Å². The largest absolute Gasteiger partial charge is 0.352 e. The van der Waals surface area contributed by atoms with Gasteiger partial charge in [0.1, 0.15) is 0 Å². The van der Waals surface area contributed by atoms with Crippen LogP contribution >= 0.6 is 0 Å².